The minimum Gasteiger partial charge on any atom is -0.378 e. The third kappa shape index (κ3) is 2.88. The minimum atomic E-state index is -0.0819. The van der Waals surface area contributed by atoms with E-state index < -0.39 is 0 Å². The lowest BCUT2D eigenvalue weighted by atomic mass is 10.2. The normalized spacial score (nSPS) is 10.1. The number of aromatic amines is 1. The SMILES string of the molecule is CN(C)c1ccc(C(=O)NCc2cn[nH]c2)cc1. The first-order valence-electron chi connectivity index (χ1n) is 5.70. The highest BCUT2D eigenvalue weighted by molar-refractivity contribution is 5.94. The zero-order valence-corrected chi connectivity index (χ0v) is 10.5. The number of anilines is 1. The molecule has 0 spiro atoms. The van der Waals surface area contributed by atoms with Crippen LogP contribution >= 0.6 is 0 Å². The minimum absolute atomic E-state index is 0.0819. The number of amides is 1. The molecule has 0 fully saturated rings. The lowest BCUT2D eigenvalue weighted by Crippen LogP contribution is -2.22. The second kappa shape index (κ2) is 5.35. The van der Waals surface area contributed by atoms with Crippen molar-refractivity contribution < 1.29 is 4.79 Å². The third-order valence-corrected chi connectivity index (χ3v) is 2.65. The lowest BCUT2D eigenvalue weighted by molar-refractivity contribution is 0.0951. The van der Waals surface area contributed by atoms with Crippen LogP contribution in [0.2, 0.25) is 0 Å². The van der Waals surface area contributed by atoms with Crippen LogP contribution in [0.1, 0.15) is 15.9 Å². The van der Waals surface area contributed by atoms with Crippen molar-refractivity contribution in [2.75, 3.05) is 19.0 Å². The average Bonchev–Trinajstić information content (AvgIpc) is 2.89. The van der Waals surface area contributed by atoms with Gasteiger partial charge in [-0.3, -0.25) is 9.89 Å². The molecular formula is C13H16N4O. The number of carbonyl (C=O) groups is 1. The van der Waals surface area contributed by atoms with Gasteiger partial charge in [0.25, 0.3) is 5.91 Å². The Kier molecular flexibility index (Phi) is 3.62. The summed E-state index contributed by atoms with van der Waals surface area (Å²) in [6, 6.07) is 7.49. The fourth-order valence-corrected chi connectivity index (χ4v) is 1.57. The van der Waals surface area contributed by atoms with Crippen LogP contribution in [-0.2, 0) is 6.54 Å². The van der Waals surface area contributed by atoms with E-state index in [0.29, 0.717) is 12.1 Å². The van der Waals surface area contributed by atoms with E-state index in [4.69, 9.17) is 0 Å². The van der Waals surface area contributed by atoms with Crippen LogP contribution in [-0.4, -0.2) is 30.2 Å². The Labute approximate surface area is 106 Å². The number of rotatable bonds is 4. The maximum atomic E-state index is 11.9. The number of benzene rings is 1. The van der Waals surface area contributed by atoms with E-state index in [0.717, 1.165) is 11.3 Å². The van der Waals surface area contributed by atoms with Gasteiger partial charge in [-0.25, -0.2) is 0 Å². The van der Waals surface area contributed by atoms with Gasteiger partial charge in [-0.05, 0) is 24.3 Å². The van der Waals surface area contributed by atoms with Crippen LogP contribution < -0.4 is 10.2 Å². The van der Waals surface area contributed by atoms with Crippen molar-refractivity contribution in [1.29, 1.82) is 0 Å². The standard InChI is InChI=1S/C13H16N4O/c1-17(2)12-5-3-11(4-6-12)13(18)14-7-10-8-15-16-9-10/h3-6,8-9H,7H2,1-2H3,(H,14,18)(H,15,16). The molecule has 1 heterocycles. The van der Waals surface area contributed by atoms with Crippen molar-refractivity contribution in [2.45, 2.75) is 6.54 Å². The lowest BCUT2D eigenvalue weighted by Gasteiger charge is -2.12. The number of nitrogens with one attached hydrogen (secondary N) is 2. The fraction of sp³-hybridized carbons (Fsp3) is 0.231. The first-order chi connectivity index (χ1) is 8.66. The highest BCUT2D eigenvalue weighted by atomic mass is 16.1. The molecule has 2 N–H and O–H groups in total. The topological polar surface area (TPSA) is 61.0 Å². The van der Waals surface area contributed by atoms with E-state index in [2.05, 4.69) is 15.5 Å². The molecule has 0 aliphatic heterocycles. The molecule has 1 aromatic heterocycles. The molecule has 0 saturated heterocycles. The molecule has 0 bridgehead atoms. The molecule has 1 amide bonds. The van der Waals surface area contributed by atoms with E-state index in [1.807, 2.05) is 43.3 Å². The monoisotopic (exact) mass is 244 g/mol. The van der Waals surface area contributed by atoms with E-state index >= 15 is 0 Å². The van der Waals surface area contributed by atoms with Crippen LogP contribution in [0.25, 0.3) is 0 Å². The number of nitrogens with zero attached hydrogens (tertiary/aromatic N) is 2. The number of aromatic nitrogens is 2. The molecular weight excluding hydrogens is 228 g/mol. The highest BCUT2D eigenvalue weighted by Crippen LogP contribution is 2.12. The van der Waals surface area contributed by atoms with Crippen LogP contribution in [0.4, 0.5) is 5.69 Å². The molecule has 0 saturated carbocycles. The summed E-state index contributed by atoms with van der Waals surface area (Å²) >= 11 is 0. The molecule has 5 nitrogen and oxygen atoms in total. The predicted octanol–water partition coefficient (Wildman–Crippen LogP) is 1.41. The zero-order valence-electron chi connectivity index (χ0n) is 10.5. The molecule has 0 atom stereocenters. The number of H-pyrrole nitrogens is 1. The van der Waals surface area contributed by atoms with Crippen LogP contribution in [0.15, 0.2) is 36.7 Å². The number of hydrogen-bond donors (Lipinski definition) is 2. The smallest absolute Gasteiger partial charge is 0.251 e. The molecule has 0 aliphatic carbocycles. The Morgan fingerprint density at radius 3 is 2.61 bits per heavy atom. The van der Waals surface area contributed by atoms with Gasteiger partial charge in [-0.1, -0.05) is 0 Å². The van der Waals surface area contributed by atoms with E-state index in [1.54, 1.807) is 12.4 Å². The summed E-state index contributed by atoms with van der Waals surface area (Å²) < 4.78 is 0. The second-order valence-electron chi connectivity index (χ2n) is 4.23. The van der Waals surface area contributed by atoms with Gasteiger partial charge in [0, 0.05) is 43.7 Å². The average molecular weight is 244 g/mol. The number of carbonyl (C=O) groups excluding carboxylic acids is 1. The van der Waals surface area contributed by atoms with Gasteiger partial charge in [0.2, 0.25) is 0 Å². The summed E-state index contributed by atoms with van der Waals surface area (Å²) in [5.74, 6) is -0.0819. The van der Waals surface area contributed by atoms with Gasteiger partial charge in [-0.15, -0.1) is 0 Å². The van der Waals surface area contributed by atoms with Crippen molar-refractivity contribution in [2.24, 2.45) is 0 Å². The fourth-order valence-electron chi connectivity index (χ4n) is 1.57. The molecule has 94 valence electrons. The quantitative estimate of drug-likeness (QED) is 0.854. The molecule has 2 rings (SSSR count). The predicted molar refractivity (Wildman–Crippen MR) is 70.5 cm³/mol. The molecule has 0 unspecified atom stereocenters. The van der Waals surface area contributed by atoms with E-state index in [9.17, 15) is 4.79 Å². The summed E-state index contributed by atoms with van der Waals surface area (Å²) in [6.45, 7) is 0.477. The van der Waals surface area contributed by atoms with Gasteiger partial charge in [0.15, 0.2) is 0 Å². The Hall–Kier alpha value is -2.30. The van der Waals surface area contributed by atoms with Crippen molar-refractivity contribution in [1.82, 2.24) is 15.5 Å². The Morgan fingerprint density at radius 1 is 1.33 bits per heavy atom. The molecule has 18 heavy (non-hydrogen) atoms. The maximum Gasteiger partial charge on any atom is 0.251 e. The molecule has 1 aromatic carbocycles. The largest absolute Gasteiger partial charge is 0.378 e. The summed E-state index contributed by atoms with van der Waals surface area (Å²) in [5.41, 5.74) is 2.68. The van der Waals surface area contributed by atoms with Crippen molar-refractivity contribution in [3.05, 3.63) is 47.8 Å². The van der Waals surface area contributed by atoms with Gasteiger partial charge in [0.1, 0.15) is 0 Å². The summed E-state index contributed by atoms with van der Waals surface area (Å²) in [5, 5.41) is 9.37. The van der Waals surface area contributed by atoms with Gasteiger partial charge in [0.05, 0.1) is 6.20 Å². The Morgan fingerprint density at radius 2 is 2.06 bits per heavy atom. The Balaban J connectivity index is 1.96. The zero-order chi connectivity index (χ0) is 13.0. The highest BCUT2D eigenvalue weighted by Gasteiger charge is 2.05. The summed E-state index contributed by atoms with van der Waals surface area (Å²) in [4.78, 5) is 13.9. The van der Waals surface area contributed by atoms with Gasteiger partial charge < -0.3 is 10.2 Å². The second-order valence-corrected chi connectivity index (χ2v) is 4.23. The maximum absolute atomic E-state index is 11.9. The molecule has 0 radical (unpaired) electrons. The van der Waals surface area contributed by atoms with Crippen molar-refractivity contribution in [3.8, 4) is 0 Å². The molecule has 2 aromatic rings. The van der Waals surface area contributed by atoms with Gasteiger partial charge >= 0.3 is 0 Å². The molecule has 0 aliphatic rings. The first kappa shape index (κ1) is 12.2. The third-order valence-electron chi connectivity index (χ3n) is 2.65. The molecule has 5 heteroatoms. The first-order valence-corrected chi connectivity index (χ1v) is 5.70. The number of hydrogen-bond acceptors (Lipinski definition) is 3. The van der Waals surface area contributed by atoms with Crippen molar-refractivity contribution >= 4 is 11.6 Å². The van der Waals surface area contributed by atoms with Crippen LogP contribution in [0.5, 0.6) is 0 Å². The Bertz CT molecular complexity index is 502. The van der Waals surface area contributed by atoms with Crippen molar-refractivity contribution in [3.63, 3.8) is 0 Å². The van der Waals surface area contributed by atoms with E-state index in [-0.39, 0.29) is 5.91 Å². The summed E-state index contributed by atoms with van der Waals surface area (Å²) in [7, 11) is 3.93. The van der Waals surface area contributed by atoms with Gasteiger partial charge in [-0.2, -0.15) is 5.10 Å². The summed E-state index contributed by atoms with van der Waals surface area (Å²) in [6.07, 6.45) is 3.45. The van der Waals surface area contributed by atoms with Crippen LogP contribution in [0, 0.1) is 0 Å². The van der Waals surface area contributed by atoms with E-state index in [1.165, 1.54) is 0 Å². The van der Waals surface area contributed by atoms with Crippen LogP contribution in [0.3, 0.4) is 0 Å².